The highest BCUT2D eigenvalue weighted by atomic mass is 16.4. The van der Waals surface area contributed by atoms with Gasteiger partial charge in [0, 0.05) is 0 Å². The number of nitrogens with two attached hydrogens (primary N) is 1. The minimum absolute atomic E-state index is 0.473. The zero-order valence-corrected chi connectivity index (χ0v) is 6.13. The summed E-state index contributed by atoms with van der Waals surface area (Å²) in [5.74, 6) is -0.377. The van der Waals surface area contributed by atoms with Crippen LogP contribution >= 0.6 is 0 Å². The molecule has 0 spiro atoms. The summed E-state index contributed by atoms with van der Waals surface area (Å²) in [5.41, 5.74) is 4.68. The number of aliphatic carboxylic acids is 1. The van der Waals surface area contributed by atoms with E-state index in [-0.39, 0.29) is 0 Å². The molecule has 3 nitrogen and oxygen atoms in total. The Morgan fingerprint density at radius 1 is 1.80 bits per heavy atom. The van der Waals surface area contributed by atoms with Gasteiger partial charge in [-0.1, -0.05) is 6.92 Å². The quantitative estimate of drug-likeness (QED) is 0.564. The van der Waals surface area contributed by atoms with Gasteiger partial charge in [-0.25, -0.2) is 0 Å². The van der Waals surface area contributed by atoms with Gasteiger partial charge in [0.25, 0.3) is 0 Å². The topological polar surface area (TPSA) is 63.3 Å². The first-order valence-electron chi connectivity index (χ1n) is 3.57. The molecule has 10 heavy (non-hydrogen) atoms. The highest BCUT2D eigenvalue weighted by Gasteiger charge is 2.40. The normalized spacial score (nSPS) is 40.0. The molecule has 0 aromatic carbocycles. The van der Waals surface area contributed by atoms with Crippen molar-refractivity contribution in [1.82, 2.24) is 0 Å². The Morgan fingerprint density at radius 2 is 2.40 bits per heavy atom. The molecule has 1 aliphatic rings. The van der Waals surface area contributed by atoms with E-state index in [0.29, 0.717) is 18.8 Å². The van der Waals surface area contributed by atoms with E-state index in [2.05, 4.69) is 0 Å². The molecule has 1 rings (SSSR count). The van der Waals surface area contributed by atoms with Gasteiger partial charge in [-0.3, -0.25) is 4.79 Å². The van der Waals surface area contributed by atoms with Crippen LogP contribution in [0.25, 0.3) is 0 Å². The fourth-order valence-corrected chi connectivity index (χ4v) is 1.52. The monoisotopic (exact) mass is 143 g/mol. The van der Waals surface area contributed by atoms with Crippen LogP contribution < -0.4 is 5.73 Å². The summed E-state index contributed by atoms with van der Waals surface area (Å²) in [4.78, 5) is 10.5. The van der Waals surface area contributed by atoms with E-state index >= 15 is 0 Å². The van der Waals surface area contributed by atoms with Crippen LogP contribution in [0.4, 0.5) is 0 Å². The van der Waals surface area contributed by atoms with Gasteiger partial charge >= 0.3 is 5.97 Å². The number of rotatable bonds is 1. The summed E-state index contributed by atoms with van der Waals surface area (Å²) in [5, 5.41) is 8.67. The standard InChI is InChI=1S/C7H13NO2/c1-5-2-3-7(8,4-5)6(9)10/h5H,2-4,8H2,1H3,(H,9,10)/t5-,7+/m1/s1. The van der Waals surface area contributed by atoms with Gasteiger partial charge in [0.15, 0.2) is 0 Å². The molecule has 1 saturated carbocycles. The minimum Gasteiger partial charge on any atom is -0.480 e. The van der Waals surface area contributed by atoms with Crippen LogP contribution in [0.2, 0.25) is 0 Å². The molecule has 0 heterocycles. The second kappa shape index (κ2) is 2.23. The molecule has 1 fully saturated rings. The smallest absolute Gasteiger partial charge is 0.323 e. The molecule has 0 aromatic rings. The average molecular weight is 143 g/mol. The van der Waals surface area contributed by atoms with E-state index in [0.717, 1.165) is 6.42 Å². The van der Waals surface area contributed by atoms with Crippen molar-refractivity contribution in [3.05, 3.63) is 0 Å². The third-order valence-corrected chi connectivity index (χ3v) is 2.22. The van der Waals surface area contributed by atoms with Crippen molar-refractivity contribution in [2.75, 3.05) is 0 Å². The Kier molecular flexibility index (Phi) is 1.68. The molecule has 1 aliphatic carbocycles. The maximum absolute atomic E-state index is 10.5. The Hall–Kier alpha value is -0.570. The van der Waals surface area contributed by atoms with Crippen LogP contribution in [0.1, 0.15) is 26.2 Å². The largest absolute Gasteiger partial charge is 0.480 e. The molecule has 0 saturated heterocycles. The van der Waals surface area contributed by atoms with E-state index in [1.54, 1.807) is 0 Å². The molecule has 0 bridgehead atoms. The van der Waals surface area contributed by atoms with Crippen LogP contribution in [0.15, 0.2) is 0 Å². The predicted octanol–water partition coefficient (Wildman–Crippen LogP) is 0.588. The van der Waals surface area contributed by atoms with E-state index in [4.69, 9.17) is 10.8 Å². The average Bonchev–Trinajstić information content (AvgIpc) is 2.13. The summed E-state index contributed by atoms with van der Waals surface area (Å²) >= 11 is 0. The Bertz CT molecular complexity index is 158. The van der Waals surface area contributed by atoms with Crippen molar-refractivity contribution in [2.24, 2.45) is 11.7 Å². The lowest BCUT2D eigenvalue weighted by molar-refractivity contribution is -0.143. The van der Waals surface area contributed by atoms with E-state index in [1.165, 1.54) is 0 Å². The second-order valence-corrected chi connectivity index (χ2v) is 3.31. The van der Waals surface area contributed by atoms with Crippen LogP contribution in [0.3, 0.4) is 0 Å². The van der Waals surface area contributed by atoms with Crippen molar-refractivity contribution in [1.29, 1.82) is 0 Å². The first-order chi connectivity index (χ1) is 4.54. The van der Waals surface area contributed by atoms with Crippen molar-refractivity contribution in [2.45, 2.75) is 31.7 Å². The number of hydrogen-bond acceptors (Lipinski definition) is 2. The molecule has 0 aromatic heterocycles. The lowest BCUT2D eigenvalue weighted by Crippen LogP contribution is -2.45. The molecule has 0 unspecified atom stereocenters. The van der Waals surface area contributed by atoms with E-state index in [9.17, 15) is 4.79 Å². The van der Waals surface area contributed by atoms with Crippen LogP contribution in [0, 0.1) is 5.92 Å². The van der Waals surface area contributed by atoms with Gasteiger partial charge in [-0.05, 0) is 25.2 Å². The van der Waals surface area contributed by atoms with Crippen LogP contribution in [0.5, 0.6) is 0 Å². The van der Waals surface area contributed by atoms with Gasteiger partial charge in [0.2, 0.25) is 0 Å². The zero-order chi connectivity index (χ0) is 7.78. The van der Waals surface area contributed by atoms with Gasteiger partial charge < -0.3 is 10.8 Å². The second-order valence-electron chi connectivity index (χ2n) is 3.31. The van der Waals surface area contributed by atoms with E-state index < -0.39 is 11.5 Å². The third kappa shape index (κ3) is 1.14. The lowest BCUT2D eigenvalue weighted by atomic mass is 9.98. The van der Waals surface area contributed by atoms with Crippen molar-refractivity contribution >= 4 is 5.97 Å². The highest BCUT2D eigenvalue weighted by molar-refractivity contribution is 5.78. The molecule has 0 amide bonds. The zero-order valence-electron chi connectivity index (χ0n) is 6.13. The first-order valence-corrected chi connectivity index (χ1v) is 3.57. The van der Waals surface area contributed by atoms with Gasteiger partial charge in [0.1, 0.15) is 5.54 Å². The number of carboxylic acids is 1. The fourth-order valence-electron chi connectivity index (χ4n) is 1.52. The molecular weight excluding hydrogens is 130 g/mol. The molecule has 3 heteroatoms. The first kappa shape index (κ1) is 7.54. The molecule has 0 radical (unpaired) electrons. The van der Waals surface area contributed by atoms with Crippen molar-refractivity contribution in [3.63, 3.8) is 0 Å². The summed E-state index contributed by atoms with van der Waals surface area (Å²) in [6, 6.07) is 0. The number of carbonyl (C=O) groups is 1. The van der Waals surface area contributed by atoms with Gasteiger partial charge in [-0.15, -0.1) is 0 Å². The fraction of sp³-hybridized carbons (Fsp3) is 0.857. The van der Waals surface area contributed by atoms with Gasteiger partial charge in [0.05, 0.1) is 0 Å². The summed E-state index contributed by atoms with van der Waals surface area (Å²) < 4.78 is 0. The third-order valence-electron chi connectivity index (χ3n) is 2.22. The number of carboxylic acid groups (broad SMARTS) is 1. The Labute approximate surface area is 60.2 Å². The van der Waals surface area contributed by atoms with Crippen molar-refractivity contribution in [3.8, 4) is 0 Å². The SMILES string of the molecule is C[C@@H]1CC[C@@](N)(C(=O)O)C1. The minimum atomic E-state index is -0.917. The van der Waals surface area contributed by atoms with Gasteiger partial charge in [-0.2, -0.15) is 0 Å². The summed E-state index contributed by atoms with van der Waals surface area (Å²) in [6.45, 7) is 2.04. The Balaban J connectivity index is 2.63. The molecule has 58 valence electrons. The van der Waals surface area contributed by atoms with E-state index in [1.807, 2.05) is 6.92 Å². The summed E-state index contributed by atoms with van der Waals surface area (Å²) in [7, 11) is 0. The highest BCUT2D eigenvalue weighted by Crippen LogP contribution is 2.32. The predicted molar refractivity (Wildman–Crippen MR) is 37.6 cm³/mol. The molecule has 0 aliphatic heterocycles. The van der Waals surface area contributed by atoms with Crippen molar-refractivity contribution < 1.29 is 9.90 Å². The summed E-state index contributed by atoms with van der Waals surface area (Å²) in [6.07, 6.45) is 2.20. The maximum Gasteiger partial charge on any atom is 0.323 e. The van der Waals surface area contributed by atoms with Crippen LogP contribution in [-0.4, -0.2) is 16.6 Å². The lowest BCUT2D eigenvalue weighted by Gasteiger charge is -2.16. The Morgan fingerprint density at radius 3 is 2.60 bits per heavy atom. The number of hydrogen-bond donors (Lipinski definition) is 2. The molecular formula is C7H13NO2. The molecule has 3 N–H and O–H groups in total. The maximum atomic E-state index is 10.5. The van der Waals surface area contributed by atoms with Crippen LogP contribution in [-0.2, 0) is 4.79 Å². The molecule has 2 atom stereocenters.